The van der Waals surface area contributed by atoms with Crippen LogP contribution in [-0.2, 0) is 4.79 Å². The van der Waals surface area contributed by atoms with Crippen molar-refractivity contribution in [2.45, 2.75) is 47.5 Å². The molecule has 0 aliphatic heterocycles. The molecule has 2 N–H and O–H groups in total. The second kappa shape index (κ2) is 22.9. The summed E-state index contributed by atoms with van der Waals surface area (Å²) in [5, 5.41) is 5.70. The minimum atomic E-state index is 0.135. The van der Waals surface area contributed by atoms with Crippen molar-refractivity contribution in [1.82, 2.24) is 10.6 Å². The Morgan fingerprint density at radius 1 is 1.07 bits per heavy atom. The lowest BCUT2D eigenvalue weighted by Gasteiger charge is -2.01. The van der Waals surface area contributed by atoms with Gasteiger partial charge in [0.1, 0.15) is 0 Å². The third kappa shape index (κ3) is 22.5. The van der Waals surface area contributed by atoms with Gasteiger partial charge in [0, 0.05) is 19.5 Å². The quantitative estimate of drug-likeness (QED) is 0.720. The van der Waals surface area contributed by atoms with Gasteiger partial charge in [-0.1, -0.05) is 34.6 Å². The Bertz CT molecular complexity index is 85.3. The number of hydrogen-bond acceptors (Lipinski definition) is 2. The molecule has 0 radical (unpaired) electrons. The lowest BCUT2D eigenvalue weighted by Crippen LogP contribution is -2.26. The van der Waals surface area contributed by atoms with Gasteiger partial charge in [0.25, 0.3) is 0 Å². The van der Waals surface area contributed by atoms with Crippen LogP contribution in [0.4, 0.5) is 0 Å². The number of carbonyl (C=O) groups is 1. The SMILES string of the molecule is CC.CC.CCCNC(=O)CCNC. The molecule has 0 aliphatic carbocycles. The number of amides is 1. The minimum Gasteiger partial charge on any atom is -0.356 e. The molecule has 0 bridgehead atoms. The van der Waals surface area contributed by atoms with Crippen molar-refractivity contribution in [2.75, 3.05) is 20.1 Å². The maximum absolute atomic E-state index is 10.8. The van der Waals surface area contributed by atoms with E-state index in [1.807, 2.05) is 41.7 Å². The molecule has 0 aromatic rings. The standard InChI is InChI=1S/C7H16N2O.2C2H6/c1-3-5-9-7(10)4-6-8-2;2*1-2/h8H,3-6H2,1-2H3,(H,9,10);2*1-2H3. The Balaban J connectivity index is -0.000000266. The fourth-order valence-corrected chi connectivity index (χ4v) is 0.591. The van der Waals surface area contributed by atoms with Crippen LogP contribution in [-0.4, -0.2) is 26.0 Å². The zero-order valence-electron chi connectivity index (χ0n) is 10.7. The molecule has 1 amide bonds. The van der Waals surface area contributed by atoms with Crippen LogP contribution in [0.15, 0.2) is 0 Å². The van der Waals surface area contributed by atoms with Crippen molar-refractivity contribution in [3.05, 3.63) is 0 Å². The highest BCUT2D eigenvalue weighted by atomic mass is 16.1. The zero-order chi connectivity index (χ0) is 11.8. The Labute approximate surface area is 89.7 Å². The van der Waals surface area contributed by atoms with E-state index in [0.717, 1.165) is 19.5 Å². The number of nitrogens with one attached hydrogen (secondary N) is 2. The van der Waals surface area contributed by atoms with Crippen molar-refractivity contribution in [3.63, 3.8) is 0 Å². The summed E-state index contributed by atoms with van der Waals surface area (Å²) >= 11 is 0. The van der Waals surface area contributed by atoms with Crippen molar-refractivity contribution < 1.29 is 4.79 Å². The average Bonchev–Trinajstić information content (AvgIpc) is 2.29. The number of carbonyl (C=O) groups excluding carboxylic acids is 1. The summed E-state index contributed by atoms with van der Waals surface area (Å²) in [6.45, 7) is 11.6. The molecule has 3 nitrogen and oxygen atoms in total. The summed E-state index contributed by atoms with van der Waals surface area (Å²) in [5.74, 6) is 0.135. The Morgan fingerprint density at radius 3 is 1.93 bits per heavy atom. The van der Waals surface area contributed by atoms with Gasteiger partial charge in [0.05, 0.1) is 0 Å². The molecule has 0 rings (SSSR count). The van der Waals surface area contributed by atoms with Crippen molar-refractivity contribution in [2.24, 2.45) is 0 Å². The lowest BCUT2D eigenvalue weighted by molar-refractivity contribution is -0.120. The Hall–Kier alpha value is -0.570. The maximum atomic E-state index is 10.8. The van der Waals surface area contributed by atoms with Crippen LogP contribution < -0.4 is 10.6 Å². The molecular formula is C11H28N2O. The van der Waals surface area contributed by atoms with E-state index in [4.69, 9.17) is 0 Å². The summed E-state index contributed by atoms with van der Waals surface area (Å²) in [7, 11) is 1.84. The predicted molar refractivity (Wildman–Crippen MR) is 64.5 cm³/mol. The number of rotatable bonds is 5. The van der Waals surface area contributed by atoms with Crippen molar-refractivity contribution in [1.29, 1.82) is 0 Å². The van der Waals surface area contributed by atoms with Crippen LogP contribution in [0.3, 0.4) is 0 Å². The molecule has 0 aromatic carbocycles. The molecule has 0 fully saturated rings. The van der Waals surface area contributed by atoms with E-state index in [9.17, 15) is 4.79 Å². The molecule has 0 atom stereocenters. The van der Waals surface area contributed by atoms with Gasteiger partial charge in [-0.15, -0.1) is 0 Å². The molecule has 0 aromatic heterocycles. The van der Waals surface area contributed by atoms with Gasteiger partial charge in [-0.25, -0.2) is 0 Å². The van der Waals surface area contributed by atoms with E-state index < -0.39 is 0 Å². The van der Waals surface area contributed by atoms with Crippen LogP contribution in [0.1, 0.15) is 47.5 Å². The molecule has 0 spiro atoms. The molecule has 14 heavy (non-hydrogen) atoms. The topological polar surface area (TPSA) is 41.1 Å². The lowest BCUT2D eigenvalue weighted by atomic mass is 10.4. The zero-order valence-corrected chi connectivity index (χ0v) is 10.7. The van der Waals surface area contributed by atoms with E-state index in [1.54, 1.807) is 0 Å². The van der Waals surface area contributed by atoms with Gasteiger partial charge in [-0.05, 0) is 13.5 Å². The highest BCUT2D eigenvalue weighted by molar-refractivity contribution is 5.75. The van der Waals surface area contributed by atoms with Gasteiger partial charge < -0.3 is 10.6 Å². The third-order valence-corrected chi connectivity index (χ3v) is 1.17. The highest BCUT2D eigenvalue weighted by Crippen LogP contribution is 1.77. The highest BCUT2D eigenvalue weighted by Gasteiger charge is 1.95. The van der Waals surface area contributed by atoms with Gasteiger partial charge >= 0.3 is 0 Å². The first-order chi connectivity index (χ1) is 6.81. The fourth-order valence-electron chi connectivity index (χ4n) is 0.591. The molecular weight excluding hydrogens is 176 g/mol. The minimum absolute atomic E-state index is 0.135. The van der Waals surface area contributed by atoms with Gasteiger partial charge in [0.2, 0.25) is 5.91 Å². The molecule has 0 saturated carbocycles. The molecule has 3 heteroatoms. The molecule has 0 saturated heterocycles. The van der Waals surface area contributed by atoms with E-state index in [-0.39, 0.29) is 5.91 Å². The van der Waals surface area contributed by atoms with Crippen molar-refractivity contribution in [3.8, 4) is 0 Å². The largest absolute Gasteiger partial charge is 0.356 e. The van der Waals surface area contributed by atoms with Crippen LogP contribution in [0.5, 0.6) is 0 Å². The van der Waals surface area contributed by atoms with Crippen LogP contribution in [0, 0.1) is 0 Å². The van der Waals surface area contributed by atoms with E-state index in [2.05, 4.69) is 10.6 Å². The molecule has 0 unspecified atom stereocenters. The summed E-state index contributed by atoms with van der Waals surface area (Å²) in [6, 6.07) is 0. The normalized spacial score (nSPS) is 7.57. The summed E-state index contributed by atoms with van der Waals surface area (Å²) in [6.07, 6.45) is 1.59. The van der Waals surface area contributed by atoms with E-state index in [1.165, 1.54) is 0 Å². The summed E-state index contributed by atoms with van der Waals surface area (Å²) in [5.41, 5.74) is 0. The van der Waals surface area contributed by atoms with Crippen molar-refractivity contribution >= 4 is 5.91 Å². The fraction of sp³-hybridized carbons (Fsp3) is 0.909. The predicted octanol–water partition coefficient (Wildman–Crippen LogP) is 2.17. The first kappa shape index (κ1) is 19.1. The number of hydrogen-bond donors (Lipinski definition) is 2. The second-order valence-corrected chi connectivity index (χ2v) is 2.20. The first-order valence-corrected chi connectivity index (χ1v) is 5.72. The summed E-state index contributed by atoms with van der Waals surface area (Å²) < 4.78 is 0. The third-order valence-electron chi connectivity index (χ3n) is 1.17. The molecule has 0 heterocycles. The Kier molecular flexibility index (Phi) is 31.1. The summed E-state index contributed by atoms with van der Waals surface area (Å²) in [4.78, 5) is 10.8. The second-order valence-electron chi connectivity index (χ2n) is 2.20. The van der Waals surface area contributed by atoms with Gasteiger partial charge in [0.15, 0.2) is 0 Å². The molecule has 88 valence electrons. The average molecular weight is 204 g/mol. The maximum Gasteiger partial charge on any atom is 0.221 e. The smallest absolute Gasteiger partial charge is 0.221 e. The van der Waals surface area contributed by atoms with Crippen LogP contribution >= 0.6 is 0 Å². The van der Waals surface area contributed by atoms with E-state index in [0.29, 0.717) is 6.42 Å². The van der Waals surface area contributed by atoms with Gasteiger partial charge in [-0.2, -0.15) is 0 Å². The first-order valence-electron chi connectivity index (χ1n) is 5.72. The Morgan fingerprint density at radius 2 is 1.57 bits per heavy atom. The van der Waals surface area contributed by atoms with Crippen LogP contribution in [0.2, 0.25) is 0 Å². The monoisotopic (exact) mass is 204 g/mol. The van der Waals surface area contributed by atoms with Crippen LogP contribution in [0.25, 0.3) is 0 Å². The van der Waals surface area contributed by atoms with Gasteiger partial charge in [-0.3, -0.25) is 4.79 Å². The molecule has 0 aliphatic rings. The van der Waals surface area contributed by atoms with E-state index >= 15 is 0 Å².